The molecule has 0 spiro atoms. The molecule has 2 aromatic heterocycles. The molecule has 3 heterocycles. The lowest BCUT2D eigenvalue weighted by atomic mass is 10.1. The highest BCUT2D eigenvalue weighted by atomic mass is 35.5. The molecule has 1 aliphatic heterocycles. The van der Waals surface area contributed by atoms with E-state index in [1.807, 2.05) is 13.8 Å². The van der Waals surface area contributed by atoms with Gasteiger partial charge in [0.1, 0.15) is 18.2 Å². The molecule has 1 N–H and O–H groups in total. The number of ether oxygens (including phenoxy) is 1. The van der Waals surface area contributed by atoms with E-state index in [1.54, 1.807) is 15.6 Å². The Morgan fingerprint density at radius 3 is 2.97 bits per heavy atom. The molecule has 0 saturated carbocycles. The van der Waals surface area contributed by atoms with Crippen LogP contribution in [0.2, 0.25) is 5.02 Å². The first kappa shape index (κ1) is 21.9. The average Bonchev–Trinajstić information content (AvgIpc) is 3.33. The highest BCUT2D eigenvalue weighted by Crippen LogP contribution is 2.31. The Morgan fingerprint density at radius 2 is 2.19 bits per heavy atom. The van der Waals surface area contributed by atoms with Gasteiger partial charge in [0.2, 0.25) is 0 Å². The molecule has 3 aromatic rings. The van der Waals surface area contributed by atoms with Crippen molar-refractivity contribution >= 4 is 35.6 Å². The predicted octanol–water partition coefficient (Wildman–Crippen LogP) is 3.78. The van der Waals surface area contributed by atoms with E-state index in [1.165, 1.54) is 24.4 Å². The van der Waals surface area contributed by atoms with Crippen molar-refractivity contribution in [2.75, 3.05) is 13.2 Å². The molecule has 8 nitrogen and oxygen atoms in total. The maximum Gasteiger partial charge on any atom is 0.258 e. The fourth-order valence-electron chi connectivity index (χ4n) is 3.65. The Morgan fingerprint density at radius 1 is 1.38 bits per heavy atom. The van der Waals surface area contributed by atoms with Gasteiger partial charge < -0.3 is 15.0 Å². The lowest BCUT2D eigenvalue weighted by Crippen LogP contribution is -2.26. The van der Waals surface area contributed by atoms with Gasteiger partial charge in [0.15, 0.2) is 5.65 Å². The Kier molecular flexibility index (Phi) is 6.18. The second-order valence-electron chi connectivity index (χ2n) is 7.44. The number of aryl methyl sites for hydroxylation is 2. The van der Waals surface area contributed by atoms with E-state index in [0.29, 0.717) is 42.4 Å². The third kappa shape index (κ3) is 4.08. The van der Waals surface area contributed by atoms with Crippen LogP contribution >= 0.6 is 11.6 Å². The summed E-state index contributed by atoms with van der Waals surface area (Å²) in [6, 6.07) is 3.88. The Balaban J connectivity index is 1.53. The van der Waals surface area contributed by atoms with Crippen molar-refractivity contribution in [1.29, 1.82) is 5.41 Å². The topological polar surface area (TPSA) is 95.9 Å². The number of aliphatic imine (C=N–C) groups is 1. The number of hydrogen-bond acceptors (Lipinski definition) is 6. The molecule has 10 heteroatoms. The number of carbonyl (C=O) groups is 1. The van der Waals surface area contributed by atoms with Gasteiger partial charge in [-0.3, -0.25) is 9.79 Å². The number of amides is 1. The average molecular weight is 457 g/mol. The van der Waals surface area contributed by atoms with Crippen molar-refractivity contribution in [3.63, 3.8) is 0 Å². The third-order valence-corrected chi connectivity index (χ3v) is 5.79. The largest absolute Gasteiger partial charge is 0.491 e. The van der Waals surface area contributed by atoms with Crippen LogP contribution in [-0.4, -0.2) is 51.0 Å². The van der Waals surface area contributed by atoms with Gasteiger partial charge in [-0.05, 0) is 26.0 Å². The molecule has 166 valence electrons. The van der Waals surface area contributed by atoms with Gasteiger partial charge in [-0.15, -0.1) is 0 Å². The van der Waals surface area contributed by atoms with Gasteiger partial charge in [0.05, 0.1) is 47.3 Å². The van der Waals surface area contributed by atoms with Crippen LogP contribution in [0.15, 0.2) is 23.2 Å². The van der Waals surface area contributed by atoms with Crippen molar-refractivity contribution in [2.45, 2.75) is 33.4 Å². The molecular formula is C22H22ClFN6O2. The number of nitrogens with zero attached hydrogens (tertiary/aromatic N) is 5. The minimum Gasteiger partial charge on any atom is -0.491 e. The summed E-state index contributed by atoms with van der Waals surface area (Å²) in [5, 5.41) is 12.1. The molecule has 0 saturated heterocycles. The van der Waals surface area contributed by atoms with E-state index in [2.05, 4.69) is 15.1 Å². The van der Waals surface area contributed by atoms with E-state index < -0.39 is 5.82 Å². The van der Waals surface area contributed by atoms with Crippen LogP contribution in [0.3, 0.4) is 0 Å². The zero-order valence-electron chi connectivity index (χ0n) is 17.7. The number of hydrogen-bond donors (Lipinski definition) is 1. The molecule has 0 atom stereocenters. The maximum absolute atomic E-state index is 13.8. The van der Waals surface area contributed by atoms with Gasteiger partial charge in [-0.1, -0.05) is 11.6 Å². The maximum atomic E-state index is 13.8. The summed E-state index contributed by atoms with van der Waals surface area (Å²) in [6.07, 6.45) is 3.30. The normalized spacial score (nSPS) is 13.2. The molecule has 0 aliphatic carbocycles. The number of nitrogens with one attached hydrogen (secondary N) is 1. The van der Waals surface area contributed by atoms with Crippen LogP contribution in [0.4, 0.5) is 4.39 Å². The van der Waals surface area contributed by atoms with Crippen LogP contribution in [-0.2, 0) is 13.1 Å². The molecule has 0 radical (unpaired) electrons. The second kappa shape index (κ2) is 9.04. The highest BCUT2D eigenvalue weighted by molar-refractivity contribution is 6.31. The van der Waals surface area contributed by atoms with Crippen LogP contribution in [0, 0.1) is 25.1 Å². The van der Waals surface area contributed by atoms with Crippen molar-refractivity contribution in [3.05, 3.63) is 57.2 Å². The molecule has 1 amide bonds. The number of rotatable bonds is 7. The smallest absolute Gasteiger partial charge is 0.258 e. The van der Waals surface area contributed by atoms with Gasteiger partial charge in [0, 0.05) is 30.5 Å². The van der Waals surface area contributed by atoms with Crippen molar-refractivity contribution in [2.24, 2.45) is 4.99 Å². The van der Waals surface area contributed by atoms with Gasteiger partial charge >= 0.3 is 0 Å². The number of carbonyl (C=O) groups excluding carboxylic acids is 1. The summed E-state index contributed by atoms with van der Waals surface area (Å²) in [4.78, 5) is 23.5. The predicted molar refractivity (Wildman–Crippen MR) is 120 cm³/mol. The minimum atomic E-state index is -0.488. The number of fused-ring (bicyclic) bond motifs is 3. The summed E-state index contributed by atoms with van der Waals surface area (Å²) in [5.74, 6) is -0.586. The van der Waals surface area contributed by atoms with Crippen LogP contribution in [0.5, 0.6) is 5.75 Å². The minimum absolute atomic E-state index is 0.174. The summed E-state index contributed by atoms with van der Waals surface area (Å²) in [5.41, 5.74) is 4.13. The van der Waals surface area contributed by atoms with Gasteiger partial charge in [0.25, 0.3) is 5.91 Å². The SMILES string of the molecule is Cc1nc2c3c(nn2c(C)c1Cl)CN(C(=O)c1ccc(F)cc1OCCN=CCC=N)C3. The standard InChI is InChI=1S/C22H22ClFN6O2/c1-13-20(23)14(2)30-21(27-13)17-11-29(12-18(17)28-30)22(31)16-5-4-15(24)10-19(16)32-9-8-26-7-3-6-25/h4-7,10,25H,3,8-9,11-12H2,1-2H3. The Hall–Kier alpha value is -3.33. The first-order valence-electron chi connectivity index (χ1n) is 10.1. The lowest BCUT2D eigenvalue weighted by Gasteiger charge is -2.18. The van der Waals surface area contributed by atoms with Crippen molar-refractivity contribution in [1.82, 2.24) is 19.5 Å². The molecular weight excluding hydrogens is 435 g/mol. The monoisotopic (exact) mass is 456 g/mol. The first-order valence-corrected chi connectivity index (χ1v) is 10.5. The summed E-state index contributed by atoms with van der Waals surface area (Å²) in [7, 11) is 0. The quantitative estimate of drug-likeness (QED) is 0.432. The summed E-state index contributed by atoms with van der Waals surface area (Å²) in [6.45, 7) is 4.91. The van der Waals surface area contributed by atoms with Crippen molar-refractivity contribution < 1.29 is 13.9 Å². The molecule has 0 bridgehead atoms. The van der Waals surface area contributed by atoms with E-state index in [-0.39, 0.29) is 23.8 Å². The zero-order chi connectivity index (χ0) is 22.8. The van der Waals surface area contributed by atoms with E-state index in [0.717, 1.165) is 17.0 Å². The zero-order valence-corrected chi connectivity index (χ0v) is 18.5. The Labute approximate surface area is 189 Å². The molecule has 1 aromatic carbocycles. The van der Waals surface area contributed by atoms with E-state index in [4.69, 9.17) is 21.7 Å². The lowest BCUT2D eigenvalue weighted by molar-refractivity contribution is 0.0745. The number of benzene rings is 1. The van der Waals surface area contributed by atoms with E-state index in [9.17, 15) is 9.18 Å². The van der Waals surface area contributed by atoms with Gasteiger partial charge in [-0.2, -0.15) is 5.10 Å². The molecule has 0 unspecified atom stereocenters. The second-order valence-corrected chi connectivity index (χ2v) is 7.81. The molecule has 1 aliphatic rings. The third-order valence-electron chi connectivity index (χ3n) is 5.25. The molecule has 32 heavy (non-hydrogen) atoms. The highest BCUT2D eigenvalue weighted by Gasteiger charge is 2.31. The Bertz CT molecular complexity index is 1240. The fraction of sp³-hybridized carbons (Fsp3) is 0.318. The molecule has 0 fully saturated rings. The number of halogens is 2. The van der Waals surface area contributed by atoms with Gasteiger partial charge in [-0.25, -0.2) is 13.9 Å². The fourth-order valence-corrected chi connectivity index (χ4v) is 3.77. The molecule has 4 rings (SSSR count). The van der Waals surface area contributed by atoms with E-state index >= 15 is 0 Å². The summed E-state index contributed by atoms with van der Waals surface area (Å²) >= 11 is 6.29. The first-order chi connectivity index (χ1) is 15.4. The van der Waals surface area contributed by atoms with Crippen LogP contribution in [0.25, 0.3) is 5.65 Å². The summed E-state index contributed by atoms with van der Waals surface area (Å²) < 4.78 is 21.2. The van der Waals surface area contributed by atoms with Crippen LogP contribution in [0.1, 0.15) is 39.4 Å². The number of aromatic nitrogens is 3. The van der Waals surface area contributed by atoms with Crippen molar-refractivity contribution in [3.8, 4) is 5.75 Å². The van der Waals surface area contributed by atoms with Crippen LogP contribution < -0.4 is 4.74 Å².